The van der Waals surface area contributed by atoms with Crippen LogP contribution < -0.4 is 0 Å². The number of aryl methyl sites for hydroxylation is 1. The van der Waals surface area contributed by atoms with Crippen molar-refractivity contribution in [3.8, 4) is 0 Å². The summed E-state index contributed by atoms with van der Waals surface area (Å²) in [5.74, 6) is 1.65. The first-order chi connectivity index (χ1) is 11.6. The van der Waals surface area contributed by atoms with Crippen molar-refractivity contribution in [2.24, 2.45) is 11.8 Å². The van der Waals surface area contributed by atoms with Gasteiger partial charge in [0.1, 0.15) is 0 Å². The lowest BCUT2D eigenvalue weighted by Gasteiger charge is -2.37. The number of hydrogen-bond acceptors (Lipinski definition) is 4. The van der Waals surface area contributed by atoms with Gasteiger partial charge >= 0.3 is 0 Å². The zero-order valence-electron chi connectivity index (χ0n) is 14.9. The van der Waals surface area contributed by atoms with Crippen LogP contribution in [0.4, 0.5) is 0 Å². The minimum atomic E-state index is 0.137. The van der Waals surface area contributed by atoms with Gasteiger partial charge in [-0.15, -0.1) is 11.3 Å². The highest BCUT2D eigenvalue weighted by Gasteiger charge is 2.25. The van der Waals surface area contributed by atoms with Gasteiger partial charge < -0.3 is 9.80 Å². The van der Waals surface area contributed by atoms with Crippen molar-refractivity contribution in [2.75, 3.05) is 32.7 Å². The van der Waals surface area contributed by atoms with Gasteiger partial charge in [0.2, 0.25) is 5.91 Å². The molecule has 5 heteroatoms. The van der Waals surface area contributed by atoms with E-state index in [1.54, 1.807) is 17.4 Å². The molecule has 0 radical (unpaired) electrons. The number of rotatable bonds is 4. The molecule has 0 aromatic carbocycles. The molecule has 1 unspecified atom stereocenters. The lowest BCUT2D eigenvalue weighted by molar-refractivity contribution is -0.127. The number of piperidine rings is 2. The SMILES string of the molecule is Cc1nc(C=CC(=O)N2CCCC(CN3CCC(C)CC3)C2)cs1. The van der Waals surface area contributed by atoms with Gasteiger partial charge in [0.15, 0.2) is 0 Å². The fourth-order valence-corrected chi connectivity index (χ4v) is 4.32. The van der Waals surface area contributed by atoms with E-state index in [4.69, 9.17) is 0 Å². The molecule has 3 heterocycles. The molecular formula is C19H29N3OS. The highest BCUT2D eigenvalue weighted by Crippen LogP contribution is 2.22. The Morgan fingerprint density at radius 3 is 2.83 bits per heavy atom. The molecular weight excluding hydrogens is 318 g/mol. The molecule has 132 valence electrons. The summed E-state index contributed by atoms with van der Waals surface area (Å²) in [4.78, 5) is 21.5. The summed E-state index contributed by atoms with van der Waals surface area (Å²) in [6.45, 7) is 9.77. The van der Waals surface area contributed by atoms with Crippen molar-refractivity contribution in [2.45, 2.75) is 39.5 Å². The fraction of sp³-hybridized carbons (Fsp3) is 0.684. The van der Waals surface area contributed by atoms with Gasteiger partial charge in [-0.2, -0.15) is 0 Å². The number of carbonyl (C=O) groups excluding carboxylic acids is 1. The lowest BCUT2D eigenvalue weighted by Crippen LogP contribution is -2.44. The second-order valence-corrected chi connectivity index (χ2v) is 8.46. The van der Waals surface area contributed by atoms with E-state index in [9.17, 15) is 4.79 Å². The van der Waals surface area contributed by atoms with Crippen LogP contribution in [0.15, 0.2) is 11.5 Å². The molecule has 2 aliphatic rings. The predicted octanol–water partition coefficient (Wildman–Crippen LogP) is 3.44. The second-order valence-electron chi connectivity index (χ2n) is 7.40. The first-order valence-corrected chi connectivity index (χ1v) is 10.1. The average Bonchev–Trinajstić information content (AvgIpc) is 3.00. The van der Waals surface area contributed by atoms with E-state index < -0.39 is 0 Å². The molecule has 2 aliphatic heterocycles. The highest BCUT2D eigenvalue weighted by atomic mass is 32.1. The van der Waals surface area contributed by atoms with Crippen LogP contribution in [0.25, 0.3) is 6.08 Å². The molecule has 0 N–H and O–H groups in total. The average molecular weight is 348 g/mol. The summed E-state index contributed by atoms with van der Waals surface area (Å²) < 4.78 is 0. The van der Waals surface area contributed by atoms with Crippen molar-refractivity contribution in [3.63, 3.8) is 0 Å². The molecule has 1 aromatic rings. The molecule has 1 amide bonds. The van der Waals surface area contributed by atoms with Gasteiger partial charge in [0, 0.05) is 31.1 Å². The first-order valence-electron chi connectivity index (χ1n) is 9.21. The molecule has 0 aliphatic carbocycles. The Morgan fingerprint density at radius 2 is 2.12 bits per heavy atom. The molecule has 4 nitrogen and oxygen atoms in total. The van der Waals surface area contributed by atoms with Crippen molar-refractivity contribution in [1.82, 2.24) is 14.8 Å². The number of likely N-dealkylation sites (tertiary alicyclic amines) is 2. The molecule has 1 aromatic heterocycles. The van der Waals surface area contributed by atoms with Crippen LogP contribution in [-0.2, 0) is 4.79 Å². The summed E-state index contributed by atoms with van der Waals surface area (Å²) in [7, 11) is 0. The van der Waals surface area contributed by atoms with Crippen LogP contribution >= 0.6 is 11.3 Å². The quantitative estimate of drug-likeness (QED) is 0.783. The van der Waals surface area contributed by atoms with E-state index in [1.807, 2.05) is 23.3 Å². The Kier molecular flexibility index (Phi) is 6.06. The largest absolute Gasteiger partial charge is 0.339 e. The molecule has 3 rings (SSSR count). The van der Waals surface area contributed by atoms with Crippen LogP contribution in [0.5, 0.6) is 0 Å². The van der Waals surface area contributed by atoms with Gasteiger partial charge in [-0.25, -0.2) is 4.98 Å². The fourth-order valence-electron chi connectivity index (χ4n) is 3.74. The highest BCUT2D eigenvalue weighted by molar-refractivity contribution is 7.09. The molecule has 0 saturated carbocycles. The van der Waals surface area contributed by atoms with Crippen LogP contribution in [0, 0.1) is 18.8 Å². The molecule has 24 heavy (non-hydrogen) atoms. The third-order valence-electron chi connectivity index (χ3n) is 5.26. The van der Waals surface area contributed by atoms with E-state index >= 15 is 0 Å². The van der Waals surface area contributed by atoms with E-state index in [1.165, 1.54) is 32.4 Å². The Balaban J connectivity index is 1.49. The normalized spacial score (nSPS) is 23.9. The number of thiazole rings is 1. The molecule has 0 bridgehead atoms. The van der Waals surface area contributed by atoms with Gasteiger partial charge in [0.25, 0.3) is 0 Å². The topological polar surface area (TPSA) is 36.4 Å². The van der Waals surface area contributed by atoms with Crippen LogP contribution in [-0.4, -0.2) is 53.4 Å². The van der Waals surface area contributed by atoms with E-state index in [0.717, 1.165) is 42.7 Å². The zero-order valence-corrected chi connectivity index (χ0v) is 15.7. The Morgan fingerprint density at radius 1 is 1.33 bits per heavy atom. The molecule has 0 spiro atoms. The molecule has 1 atom stereocenters. The molecule has 2 fully saturated rings. The Bertz CT molecular complexity index is 575. The monoisotopic (exact) mass is 347 g/mol. The van der Waals surface area contributed by atoms with Gasteiger partial charge in [-0.05, 0) is 63.6 Å². The maximum absolute atomic E-state index is 12.5. The van der Waals surface area contributed by atoms with Crippen LogP contribution in [0.1, 0.15) is 43.3 Å². The van der Waals surface area contributed by atoms with Crippen LogP contribution in [0.2, 0.25) is 0 Å². The number of aromatic nitrogens is 1. The standard InChI is InChI=1S/C19H29N3OS/c1-15-7-10-21(11-8-15)12-17-4-3-9-22(13-17)19(23)6-5-18-14-24-16(2)20-18/h5-6,14-15,17H,3-4,7-13H2,1-2H3. The number of carbonyl (C=O) groups is 1. The summed E-state index contributed by atoms with van der Waals surface area (Å²) in [6, 6.07) is 0. The number of amides is 1. The minimum Gasteiger partial charge on any atom is -0.339 e. The zero-order chi connectivity index (χ0) is 16.9. The van der Waals surface area contributed by atoms with E-state index in [2.05, 4.69) is 16.8 Å². The Hall–Kier alpha value is -1.20. The second kappa shape index (κ2) is 8.26. The van der Waals surface area contributed by atoms with E-state index in [-0.39, 0.29) is 5.91 Å². The van der Waals surface area contributed by atoms with Gasteiger partial charge in [-0.3, -0.25) is 4.79 Å². The van der Waals surface area contributed by atoms with Crippen molar-refractivity contribution < 1.29 is 4.79 Å². The van der Waals surface area contributed by atoms with E-state index in [0.29, 0.717) is 5.92 Å². The van der Waals surface area contributed by atoms with Crippen molar-refractivity contribution in [1.29, 1.82) is 0 Å². The third kappa shape index (κ3) is 4.90. The number of hydrogen-bond donors (Lipinski definition) is 0. The van der Waals surface area contributed by atoms with Crippen LogP contribution in [0.3, 0.4) is 0 Å². The predicted molar refractivity (Wildman–Crippen MR) is 100 cm³/mol. The smallest absolute Gasteiger partial charge is 0.246 e. The lowest BCUT2D eigenvalue weighted by atomic mass is 9.94. The molecule has 2 saturated heterocycles. The third-order valence-corrected chi connectivity index (χ3v) is 6.05. The maximum Gasteiger partial charge on any atom is 0.246 e. The summed E-state index contributed by atoms with van der Waals surface area (Å²) in [5, 5.41) is 3.03. The maximum atomic E-state index is 12.5. The Labute approximate surface area is 149 Å². The van der Waals surface area contributed by atoms with Crippen molar-refractivity contribution >= 4 is 23.3 Å². The summed E-state index contributed by atoms with van der Waals surface area (Å²) in [5.41, 5.74) is 0.891. The van der Waals surface area contributed by atoms with Gasteiger partial charge in [-0.1, -0.05) is 6.92 Å². The summed E-state index contributed by atoms with van der Waals surface area (Å²) in [6.07, 6.45) is 8.58. The number of nitrogens with zero attached hydrogens (tertiary/aromatic N) is 3. The first kappa shape index (κ1) is 17.6. The van der Waals surface area contributed by atoms with Gasteiger partial charge in [0.05, 0.1) is 10.7 Å². The minimum absolute atomic E-state index is 0.137. The van der Waals surface area contributed by atoms with Crippen molar-refractivity contribution in [3.05, 3.63) is 22.2 Å². The summed E-state index contributed by atoms with van der Waals surface area (Å²) >= 11 is 1.62.